The minimum Gasteiger partial charge on any atom is -0.452 e. The number of sulfonamides is 1. The molecule has 0 atom stereocenters. The van der Waals surface area contributed by atoms with Gasteiger partial charge >= 0.3 is 5.97 Å². The molecule has 10 heteroatoms. The van der Waals surface area contributed by atoms with Gasteiger partial charge in [0.1, 0.15) is 0 Å². The fraction of sp³-hybridized carbons (Fsp3) is 0.348. The van der Waals surface area contributed by atoms with E-state index in [-0.39, 0.29) is 10.5 Å². The van der Waals surface area contributed by atoms with E-state index < -0.39 is 28.5 Å². The number of nitrogens with one attached hydrogen (secondary N) is 1. The topological polar surface area (TPSA) is 106 Å². The normalized spacial score (nSPS) is 14.8. The van der Waals surface area contributed by atoms with Crippen LogP contribution in [0.2, 0.25) is 0 Å². The number of nitrogens with zero attached hydrogens (tertiary/aromatic N) is 2. The van der Waals surface area contributed by atoms with Crippen LogP contribution in [0, 0.1) is 13.8 Å². The van der Waals surface area contributed by atoms with Crippen LogP contribution < -0.4 is 5.32 Å². The maximum Gasteiger partial charge on any atom is 0.338 e. The first-order valence-corrected chi connectivity index (χ1v) is 12.9. The number of rotatable bonds is 6. The van der Waals surface area contributed by atoms with E-state index in [2.05, 4.69) is 10.3 Å². The summed E-state index contributed by atoms with van der Waals surface area (Å²) in [5, 5.41) is 3.09. The summed E-state index contributed by atoms with van der Waals surface area (Å²) in [7, 11) is -3.57. The SMILES string of the molecule is Cc1cc(C)c2nc(NC(=O)COC(=O)c3ccc(S(=O)(=O)N4CCCCC4)cc3)sc2c1. The van der Waals surface area contributed by atoms with Crippen LogP contribution in [0.3, 0.4) is 0 Å². The van der Waals surface area contributed by atoms with Crippen molar-refractivity contribution in [2.24, 2.45) is 0 Å². The summed E-state index contributed by atoms with van der Waals surface area (Å²) in [6, 6.07) is 9.62. The van der Waals surface area contributed by atoms with Gasteiger partial charge in [-0.2, -0.15) is 4.31 Å². The van der Waals surface area contributed by atoms with E-state index in [1.807, 2.05) is 26.0 Å². The van der Waals surface area contributed by atoms with E-state index in [9.17, 15) is 18.0 Å². The molecule has 0 radical (unpaired) electrons. The summed E-state index contributed by atoms with van der Waals surface area (Å²) in [5.74, 6) is -1.20. The minimum absolute atomic E-state index is 0.139. The van der Waals surface area contributed by atoms with Crippen LogP contribution in [0.4, 0.5) is 5.13 Å². The highest BCUT2D eigenvalue weighted by Crippen LogP contribution is 2.29. The summed E-state index contributed by atoms with van der Waals surface area (Å²) < 4.78 is 33.0. The summed E-state index contributed by atoms with van der Waals surface area (Å²) in [6.45, 7) is 4.51. The smallest absolute Gasteiger partial charge is 0.338 e. The molecule has 2 heterocycles. The molecule has 2 aromatic carbocycles. The Morgan fingerprint density at radius 1 is 1.09 bits per heavy atom. The molecule has 1 fully saturated rings. The zero-order valence-corrected chi connectivity index (χ0v) is 20.1. The Morgan fingerprint density at radius 2 is 1.79 bits per heavy atom. The molecule has 4 rings (SSSR count). The molecule has 174 valence electrons. The lowest BCUT2D eigenvalue weighted by Crippen LogP contribution is -2.35. The van der Waals surface area contributed by atoms with Crippen LogP contribution in [0.1, 0.15) is 40.7 Å². The molecule has 1 N–H and O–H groups in total. The lowest BCUT2D eigenvalue weighted by atomic mass is 10.1. The Bertz CT molecular complexity index is 1290. The second kappa shape index (κ2) is 9.58. The van der Waals surface area contributed by atoms with Crippen molar-refractivity contribution in [2.75, 3.05) is 25.0 Å². The van der Waals surface area contributed by atoms with E-state index in [4.69, 9.17) is 4.74 Å². The number of hydrogen-bond donors (Lipinski definition) is 1. The fourth-order valence-corrected chi connectivity index (χ4v) is 6.39. The predicted molar refractivity (Wildman–Crippen MR) is 127 cm³/mol. The van der Waals surface area contributed by atoms with Crippen LogP contribution >= 0.6 is 11.3 Å². The number of carbonyl (C=O) groups is 2. The fourth-order valence-electron chi connectivity index (χ4n) is 3.81. The van der Waals surface area contributed by atoms with Crippen LogP contribution in [0.15, 0.2) is 41.3 Å². The Kier molecular flexibility index (Phi) is 6.78. The van der Waals surface area contributed by atoms with E-state index >= 15 is 0 Å². The van der Waals surface area contributed by atoms with Gasteiger partial charge in [0.05, 0.1) is 20.7 Å². The molecule has 8 nitrogen and oxygen atoms in total. The largest absolute Gasteiger partial charge is 0.452 e. The summed E-state index contributed by atoms with van der Waals surface area (Å²) >= 11 is 1.36. The van der Waals surface area contributed by atoms with E-state index in [1.165, 1.54) is 39.9 Å². The molecule has 3 aromatic rings. The van der Waals surface area contributed by atoms with Gasteiger partial charge in [0, 0.05) is 13.1 Å². The van der Waals surface area contributed by atoms with Crippen LogP contribution in [-0.2, 0) is 19.6 Å². The molecule has 33 heavy (non-hydrogen) atoms. The van der Waals surface area contributed by atoms with Crippen LogP contribution in [0.25, 0.3) is 10.2 Å². The average Bonchev–Trinajstić information content (AvgIpc) is 3.20. The number of esters is 1. The number of hydrogen-bond acceptors (Lipinski definition) is 7. The van der Waals surface area contributed by atoms with Gasteiger partial charge in [-0.25, -0.2) is 18.2 Å². The highest BCUT2D eigenvalue weighted by molar-refractivity contribution is 7.89. The summed E-state index contributed by atoms with van der Waals surface area (Å²) in [5.41, 5.74) is 3.15. The third-order valence-electron chi connectivity index (χ3n) is 5.45. The first-order valence-electron chi connectivity index (χ1n) is 10.7. The van der Waals surface area contributed by atoms with Crippen molar-refractivity contribution < 1.29 is 22.7 Å². The highest BCUT2D eigenvalue weighted by atomic mass is 32.2. The minimum atomic E-state index is -3.57. The Morgan fingerprint density at radius 3 is 2.48 bits per heavy atom. The van der Waals surface area contributed by atoms with Crippen molar-refractivity contribution in [3.63, 3.8) is 0 Å². The lowest BCUT2D eigenvalue weighted by molar-refractivity contribution is -0.119. The van der Waals surface area contributed by atoms with Gasteiger partial charge in [-0.1, -0.05) is 23.8 Å². The first kappa shape index (κ1) is 23.3. The molecular formula is C23H25N3O5S2. The average molecular weight is 488 g/mol. The van der Waals surface area contributed by atoms with Crippen molar-refractivity contribution in [1.82, 2.24) is 9.29 Å². The van der Waals surface area contributed by atoms with E-state index in [0.29, 0.717) is 18.2 Å². The lowest BCUT2D eigenvalue weighted by Gasteiger charge is -2.25. The molecule has 1 aliphatic rings. The number of carbonyl (C=O) groups excluding carboxylic acids is 2. The number of piperidine rings is 1. The van der Waals surface area contributed by atoms with Crippen molar-refractivity contribution in [1.29, 1.82) is 0 Å². The van der Waals surface area contributed by atoms with Gasteiger partial charge < -0.3 is 4.74 Å². The Hall–Kier alpha value is -2.82. The number of amides is 1. The molecule has 1 amide bonds. The van der Waals surface area contributed by atoms with Gasteiger partial charge in [-0.15, -0.1) is 0 Å². The molecule has 0 saturated carbocycles. The quantitative estimate of drug-likeness (QED) is 0.529. The third kappa shape index (κ3) is 5.23. The van der Waals surface area contributed by atoms with Crippen LogP contribution in [-0.4, -0.2) is 49.3 Å². The summed E-state index contributed by atoms with van der Waals surface area (Å²) in [6.07, 6.45) is 2.73. The van der Waals surface area contributed by atoms with E-state index in [1.54, 1.807) is 0 Å². The number of aromatic nitrogens is 1. The molecule has 1 aliphatic heterocycles. The number of ether oxygens (including phenoxy) is 1. The number of aryl methyl sites for hydroxylation is 2. The third-order valence-corrected chi connectivity index (χ3v) is 8.28. The van der Waals surface area contributed by atoms with Gasteiger partial charge in [0.2, 0.25) is 10.0 Å². The monoisotopic (exact) mass is 487 g/mol. The van der Waals surface area contributed by atoms with Gasteiger partial charge in [0.25, 0.3) is 5.91 Å². The molecule has 1 aromatic heterocycles. The van der Waals surface area contributed by atoms with Crippen molar-refractivity contribution in [3.05, 3.63) is 53.1 Å². The number of anilines is 1. The second-order valence-corrected chi connectivity index (χ2v) is 11.0. The standard InChI is InChI=1S/C23H25N3O5S2/c1-15-12-16(2)21-19(13-15)32-23(25-21)24-20(27)14-31-22(28)17-6-8-18(9-7-17)33(29,30)26-10-4-3-5-11-26/h6-9,12-13H,3-5,10-11,14H2,1-2H3,(H,24,25,27). The van der Waals surface area contributed by atoms with E-state index in [0.717, 1.165) is 40.6 Å². The zero-order chi connectivity index (χ0) is 23.6. The molecule has 0 unspecified atom stereocenters. The van der Waals surface area contributed by atoms with Crippen molar-refractivity contribution in [3.8, 4) is 0 Å². The number of thiazole rings is 1. The first-order chi connectivity index (χ1) is 15.7. The number of benzene rings is 2. The zero-order valence-electron chi connectivity index (χ0n) is 18.5. The number of fused-ring (bicyclic) bond motifs is 1. The predicted octanol–water partition coefficient (Wildman–Crippen LogP) is 3.88. The molecule has 0 spiro atoms. The van der Waals surface area contributed by atoms with Gasteiger partial charge in [-0.3, -0.25) is 10.1 Å². The van der Waals surface area contributed by atoms with Gasteiger partial charge in [-0.05, 0) is 68.1 Å². The van der Waals surface area contributed by atoms with Gasteiger partial charge in [0.15, 0.2) is 11.7 Å². The van der Waals surface area contributed by atoms with Crippen molar-refractivity contribution >= 4 is 48.6 Å². The van der Waals surface area contributed by atoms with Crippen LogP contribution in [0.5, 0.6) is 0 Å². The Labute approximate surface area is 196 Å². The maximum absolute atomic E-state index is 12.7. The highest BCUT2D eigenvalue weighted by Gasteiger charge is 2.26. The molecule has 0 bridgehead atoms. The maximum atomic E-state index is 12.7. The summed E-state index contributed by atoms with van der Waals surface area (Å²) in [4.78, 5) is 29.1. The Balaban J connectivity index is 1.34. The van der Waals surface area contributed by atoms with Crippen molar-refractivity contribution in [2.45, 2.75) is 38.0 Å². The molecule has 1 saturated heterocycles. The second-order valence-electron chi connectivity index (χ2n) is 8.06. The molecular weight excluding hydrogens is 462 g/mol. The molecule has 0 aliphatic carbocycles.